The zero-order valence-electron chi connectivity index (χ0n) is 9.51. The molecule has 2 amide bonds. The van der Waals surface area contributed by atoms with Crippen molar-refractivity contribution in [3.63, 3.8) is 0 Å². The molecule has 6 heteroatoms. The number of nitrogens with one attached hydrogen (secondary N) is 2. The summed E-state index contributed by atoms with van der Waals surface area (Å²) in [6.07, 6.45) is 2.63. The van der Waals surface area contributed by atoms with Crippen LogP contribution >= 0.6 is 11.3 Å². The molecule has 0 bridgehead atoms. The maximum atomic E-state index is 11.5. The molecule has 0 aromatic carbocycles. The quantitative estimate of drug-likeness (QED) is 0.870. The highest BCUT2D eigenvalue weighted by atomic mass is 32.1. The Labute approximate surface area is 103 Å². The lowest BCUT2D eigenvalue weighted by atomic mass is 10.3. The second kappa shape index (κ2) is 5.49. The highest BCUT2D eigenvalue weighted by molar-refractivity contribution is 7.09. The van der Waals surface area contributed by atoms with E-state index in [1.807, 2.05) is 11.4 Å². The molecule has 2 aromatic heterocycles. The van der Waals surface area contributed by atoms with Gasteiger partial charge in [-0.3, -0.25) is 10.00 Å². The average molecular weight is 250 g/mol. The van der Waals surface area contributed by atoms with E-state index in [1.165, 1.54) is 4.88 Å². The number of aryl methyl sites for hydroxylation is 1. The van der Waals surface area contributed by atoms with Crippen LogP contribution in [0.25, 0.3) is 0 Å². The van der Waals surface area contributed by atoms with Crippen molar-refractivity contribution < 1.29 is 4.79 Å². The van der Waals surface area contributed by atoms with Gasteiger partial charge in [-0.1, -0.05) is 6.07 Å². The molecule has 0 aliphatic rings. The summed E-state index contributed by atoms with van der Waals surface area (Å²) >= 11 is 1.69. The van der Waals surface area contributed by atoms with Gasteiger partial charge in [0, 0.05) is 30.7 Å². The zero-order valence-corrected chi connectivity index (χ0v) is 10.3. The Morgan fingerprint density at radius 1 is 1.53 bits per heavy atom. The summed E-state index contributed by atoms with van der Waals surface area (Å²) < 4.78 is 1.64. The first kappa shape index (κ1) is 11.7. The van der Waals surface area contributed by atoms with Crippen LogP contribution < -0.4 is 10.6 Å². The summed E-state index contributed by atoms with van der Waals surface area (Å²) in [5.41, 5.74) is 0. The largest absolute Gasteiger partial charge is 0.337 e. The first-order valence-electron chi connectivity index (χ1n) is 5.31. The van der Waals surface area contributed by atoms with Crippen molar-refractivity contribution >= 4 is 23.2 Å². The molecule has 0 aliphatic carbocycles. The van der Waals surface area contributed by atoms with Gasteiger partial charge in [0.1, 0.15) is 0 Å². The van der Waals surface area contributed by atoms with E-state index in [1.54, 1.807) is 35.3 Å². The summed E-state index contributed by atoms with van der Waals surface area (Å²) in [6, 6.07) is 5.59. The van der Waals surface area contributed by atoms with Gasteiger partial charge in [-0.2, -0.15) is 5.10 Å². The fourth-order valence-corrected chi connectivity index (χ4v) is 2.11. The van der Waals surface area contributed by atoms with E-state index in [9.17, 15) is 4.79 Å². The van der Waals surface area contributed by atoms with Crippen molar-refractivity contribution in [2.75, 3.05) is 11.9 Å². The van der Waals surface area contributed by atoms with E-state index in [4.69, 9.17) is 0 Å². The standard InChI is InChI=1S/C11H14N4OS/c1-15-7-5-10(14-15)13-11(16)12-6-4-9-3-2-8-17-9/h2-3,5,7-8H,4,6H2,1H3,(H2,12,13,14,16). The first-order valence-corrected chi connectivity index (χ1v) is 6.19. The number of thiophene rings is 1. The van der Waals surface area contributed by atoms with Gasteiger partial charge in [0.15, 0.2) is 5.82 Å². The molecular formula is C11H14N4OS. The highest BCUT2D eigenvalue weighted by Crippen LogP contribution is 2.08. The van der Waals surface area contributed by atoms with Crippen molar-refractivity contribution in [1.82, 2.24) is 15.1 Å². The van der Waals surface area contributed by atoms with Crippen LogP contribution in [0.2, 0.25) is 0 Å². The van der Waals surface area contributed by atoms with Crippen LogP contribution in [0.1, 0.15) is 4.88 Å². The maximum Gasteiger partial charge on any atom is 0.320 e. The van der Waals surface area contributed by atoms with E-state index in [0.717, 1.165) is 6.42 Å². The molecule has 2 heterocycles. The van der Waals surface area contributed by atoms with Crippen molar-refractivity contribution in [2.24, 2.45) is 7.05 Å². The van der Waals surface area contributed by atoms with Gasteiger partial charge in [-0.25, -0.2) is 4.79 Å². The number of nitrogens with zero attached hydrogens (tertiary/aromatic N) is 2. The van der Waals surface area contributed by atoms with Crippen molar-refractivity contribution in [2.45, 2.75) is 6.42 Å². The first-order chi connectivity index (χ1) is 8.24. The number of rotatable bonds is 4. The Morgan fingerprint density at radius 2 is 2.41 bits per heavy atom. The number of aromatic nitrogens is 2. The Morgan fingerprint density at radius 3 is 3.06 bits per heavy atom. The van der Waals surface area contributed by atoms with Crippen molar-refractivity contribution in [3.8, 4) is 0 Å². The molecule has 0 radical (unpaired) electrons. The molecule has 0 saturated carbocycles. The minimum Gasteiger partial charge on any atom is -0.337 e. The number of urea groups is 1. The van der Waals surface area contributed by atoms with Crippen LogP contribution in [-0.4, -0.2) is 22.4 Å². The lowest BCUT2D eigenvalue weighted by Crippen LogP contribution is -2.30. The van der Waals surface area contributed by atoms with Crippen molar-refractivity contribution in [1.29, 1.82) is 0 Å². The number of hydrogen-bond acceptors (Lipinski definition) is 3. The molecule has 0 aliphatic heterocycles. The third-order valence-corrected chi connectivity index (χ3v) is 3.13. The van der Waals surface area contributed by atoms with Crippen molar-refractivity contribution in [3.05, 3.63) is 34.7 Å². The third kappa shape index (κ3) is 3.60. The number of amides is 2. The number of anilines is 1. The van der Waals surface area contributed by atoms with E-state index in [2.05, 4.69) is 21.8 Å². The van der Waals surface area contributed by atoms with E-state index in [-0.39, 0.29) is 6.03 Å². The smallest absolute Gasteiger partial charge is 0.320 e. The van der Waals surface area contributed by atoms with E-state index < -0.39 is 0 Å². The van der Waals surface area contributed by atoms with Crippen LogP contribution in [0.3, 0.4) is 0 Å². The molecule has 0 fully saturated rings. The summed E-state index contributed by atoms with van der Waals surface area (Å²) in [6.45, 7) is 0.624. The van der Waals surface area contributed by atoms with Crippen LogP contribution in [0.5, 0.6) is 0 Å². The normalized spacial score (nSPS) is 10.2. The molecule has 0 spiro atoms. The molecule has 0 unspecified atom stereocenters. The second-order valence-corrected chi connectivity index (χ2v) is 4.62. The summed E-state index contributed by atoms with van der Waals surface area (Å²) in [5.74, 6) is 0.557. The Hall–Kier alpha value is -1.82. The molecule has 2 aromatic rings. The minimum absolute atomic E-state index is 0.222. The Balaban J connectivity index is 1.71. The third-order valence-electron chi connectivity index (χ3n) is 2.19. The maximum absolute atomic E-state index is 11.5. The van der Waals surface area contributed by atoms with E-state index in [0.29, 0.717) is 12.4 Å². The topological polar surface area (TPSA) is 59.0 Å². The van der Waals surface area contributed by atoms with Gasteiger partial charge >= 0.3 is 6.03 Å². The lowest BCUT2D eigenvalue weighted by Gasteiger charge is -2.04. The zero-order chi connectivity index (χ0) is 12.1. The van der Waals surface area contributed by atoms with Gasteiger partial charge in [0.05, 0.1) is 0 Å². The van der Waals surface area contributed by atoms with Gasteiger partial charge < -0.3 is 5.32 Å². The Bertz CT molecular complexity index is 477. The lowest BCUT2D eigenvalue weighted by molar-refractivity contribution is 0.252. The predicted molar refractivity (Wildman–Crippen MR) is 68.3 cm³/mol. The number of carbonyl (C=O) groups excluding carboxylic acids is 1. The Kier molecular flexibility index (Phi) is 3.77. The molecule has 2 N–H and O–H groups in total. The number of carbonyl (C=O) groups is 1. The fraction of sp³-hybridized carbons (Fsp3) is 0.273. The molecule has 90 valence electrons. The van der Waals surface area contributed by atoms with Gasteiger partial charge in [-0.05, 0) is 17.9 Å². The van der Waals surface area contributed by atoms with Crippen LogP contribution in [0.4, 0.5) is 10.6 Å². The monoisotopic (exact) mass is 250 g/mol. The minimum atomic E-state index is -0.222. The fourth-order valence-electron chi connectivity index (χ4n) is 1.40. The van der Waals surface area contributed by atoms with E-state index >= 15 is 0 Å². The molecule has 0 saturated heterocycles. The SMILES string of the molecule is Cn1ccc(NC(=O)NCCc2cccs2)n1. The van der Waals surface area contributed by atoms with Gasteiger partial charge in [0.25, 0.3) is 0 Å². The molecule has 2 rings (SSSR count). The van der Waals surface area contributed by atoms with Crippen LogP contribution in [-0.2, 0) is 13.5 Å². The summed E-state index contributed by atoms with van der Waals surface area (Å²) in [7, 11) is 1.81. The molecular weight excluding hydrogens is 236 g/mol. The van der Waals surface area contributed by atoms with Crippen LogP contribution in [0, 0.1) is 0 Å². The van der Waals surface area contributed by atoms with Crippen LogP contribution in [0.15, 0.2) is 29.8 Å². The second-order valence-electron chi connectivity index (χ2n) is 3.58. The van der Waals surface area contributed by atoms with Gasteiger partial charge in [-0.15, -0.1) is 11.3 Å². The highest BCUT2D eigenvalue weighted by Gasteiger charge is 2.03. The molecule has 17 heavy (non-hydrogen) atoms. The summed E-state index contributed by atoms with van der Waals surface area (Å²) in [4.78, 5) is 12.7. The van der Waals surface area contributed by atoms with Gasteiger partial charge in [0.2, 0.25) is 0 Å². The average Bonchev–Trinajstić information content (AvgIpc) is 2.90. The molecule has 0 atom stereocenters. The number of hydrogen-bond donors (Lipinski definition) is 2. The summed E-state index contributed by atoms with van der Waals surface area (Å²) in [5, 5.41) is 11.5. The predicted octanol–water partition coefficient (Wildman–Crippen LogP) is 1.85. The molecule has 5 nitrogen and oxygen atoms in total.